The third-order valence-corrected chi connectivity index (χ3v) is 5.11. The second-order valence-corrected chi connectivity index (χ2v) is 6.79. The number of aryl methyl sites for hydroxylation is 2. The maximum absolute atomic E-state index is 12.9. The summed E-state index contributed by atoms with van der Waals surface area (Å²) in [6.07, 6.45) is 3.64. The fourth-order valence-corrected chi connectivity index (χ4v) is 3.74. The molecule has 1 amide bonds. The molecule has 3 aromatic rings. The van der Waals surface area contributed by atoms with Crippen LogP contribution >= 0.6 is 11.3 Å². The van der Waals surface area contributed by atoms with E-state index in [9.17, 15) is 4.79 Å². The van der Waals surface area contributed by atoms with Crippen molar-refractivity contribution in [2.45, 2.75) is 19.8 Å². The highest BCUT2D eigenvalue weighted by Gasteiger charge is 2.25. The van der Waals surface area contributed by atoms with Crippen LogP contribution in [-0.4, -0.2) is 22.4 Å². The van der Waals surface area contributed by atoms with Gasteiger partial charge in [0.05, 0.1) is 11.4 Å². The highest BCUT2D eigenvalue weighted by molar-refractivity contribution is 7.13. The predicted octanol–water partition coefficient (Wildman–Crippen LogP) is 4.11. The van der Waals surface area contributed by atoms with Gasteiger partial charge in [-0.05, 0) is 31.9 Å². The van der Waals surface area contributed by atoms with Crippen LogP contribution in [0.4, 0.5) is 5.69 Å². The molecule has 0 bridgehead atoms. The zero-order valence-electron chi connectivity index (χ0n) is 13.4. The van der Waals surface area contributed by atoms with E-state index < -0.39 is 0 Å². The lowest BCUT2D eigenvalue weighted by Gasteiger charge is -2.27. The first-order valence-corrected chi connectivity index (χ1v) is 8.89. The Morgan fingerprint density at radius 1 is 1.21 bits per heavy atom. The Balaban J connectivity index is 1.63. The molecule has 1 aliphatic heterocycles. The normalized spacial score (nSPS) is 13.6. The number of rotatable bonds is 2. The standard InChI is InChI=1S/C19H17N3OS/c1-13-6-8-14(9-7-13)18-21-16(12-24-18)19(23)22-11-3-4-15-17(22)5-2-10-20-15/h2,5-10,12H,3-4,11H2,1H3. The smallest absolute Gasteiger partial charge is 0.277 e. The highest BCUT2D eigenvalue weighted by Crippen LogP contribution is 2.29. The molecule has 0 spiro atoms. The molecule has 0 atom stereocenters. The molecular weight excluding hydrogens is 318 g/mol. The average Bonchev–Trinajstić information content (AvgIpc) is 3.11. The zero-order chi connectivity index (χ0) is 16.5. The minimum Gasteiger partial charge on any atom is -0.305 e. The Labute approximate surface area is 144 Å². The minimum atomic E-state index is -0.0430. The Kier molecular flexibility index (Phi) is 3.86. The molecule has 0 radical (unpaired) electrons. The summed E-state index contributed by atoms with van der Waals surface area (Å²) in [6, 6.07) is 12.1. The second-order valence-electron chi connectivity index (χ2n) is 5.93. The van der Waals surface area contributed by atoms with Crippen molar-refractivity contribution >= 4 is 22.9 Å². The molecule has 24 heavy (non-hydrogen) atoms. The minimum absolute atomic E-state index is 0.0430. The number of anilines is 1. The number of amides is 1. The summed E-state index contributed by atoms with van der Waals surface area (Å²) in [4.78, 5) is 23.7. The van der Waals surface area contributed by atoms with Gasteiger partial charge in [-0.1, -0.05) is 29.8 Å². The number of thiazole rings is 1. The fourth-order valence-electron chi connectivity index (χ4n) is 2.94. The molecule has 1 aromatic carbocycles. The van der Waals surface area contributed by atoms with Gasteiger partial charge in [-0.25, -0.2) is 4.98 Å². The van der Waals surface area contributed by atoms with Crippen LogP contribution in [0.25, 0.3) is 10.6 Å². The summed E-state index contributed by atoms with van der Waals surface area (Å²) in [5.74, 6) is -0.0430. The number of carbonyl (C=O) groups excluding carboxylic acids is 1. The van der Waals surface area contributed by atoms with Crippen molar-refractivity contribution < 1.29 is 4.79 Å². The van der Waals surface area contributed by atoms with Gasteiger partial charge in [0.2, 0.25) is 0 Å². The van der Waals surface area contributed by atoms with Crippen LogP contribution in [-0.2, 0) is 6.42 Å². The van der Waals surface area contributed by atoms with E-state index in [0.29, 0.717) is 5.69 Å². The molecule has 4 rings (SSSR count). The van der Waals surface area contributed by atoms with E-state index in [1.165, 1.54) is 16.9 Å². The van der Waals surface area contributed by atoms with Crippen LogP contribution in [0, 0.1) is 6.92 Å². The number of hydrogen-bond donors (Lipinski definition) is 0. The maximum atomic E-state index is 12.9. The highest BCUT2D eigenvalue weighted by atomic mass is 32.1. The molecule has 120 valence electrons. The van der Waals surface area contributed by atoms with Gasteiger partial charge in [-0.3, -0.25) is 9.78 Å². The molecule has 2 aromatic heterocycles. The lowest BCUT2D eigenvalue weighted by Crippen LogP contribution is -2.36. The van der Waals surface area contributed by atoms with Gasteiger partial charge in [0.15, 0.2) is 0 Å². The fraction of sp³-hybridized carbons (Fsp3) is 0.211. The third kappa shape index (κ3) is 2.71. The van der Waals surface area contributed by atoms with Crippen LogP contribution in [0.5, 0.6) is 0 Å². The van der Waals surface area contributed by atoms with Crippen molar-refractivity contribution in [3.05, 3.63) is 64.9 Å². The first kappa shape index (κ1) is 15.0. The Hall–Kier alpha value is -2.53. The van der Waals surface area contributed by atoms with E-state index >= 15 is 0 Å². The van der Waals surface area contributed by atoms with Crippen molar-refractivity contribution in [2.75, 3.05) is 11.4 Å². The van der Waals surface area contributed by atoms with Crippen LogP contribution in [0.15, 0.2) is 48.0 Å². The van der Waals surface area contributed by atoms with Gasteiger partial charge < -0.3 is 4.90 Å². The lowest BCUT2D eigenvalue weighted by molar-refractivity contribution is 0.0981. The Bertz CT molecular complexity index is 886. The van der Waals surface area contributed by atoms with Crippen LogP contribution in [0.3, 0.4) is 0 Å². The van der Waals surface area contributed by atoms with E-state index in [-0.39, 0.29) is 5.91 Å². The lowest BCUT2D eigenvalue weighted by atomic mass is 10.1. The number of benzene rings is 1. The van der Waals surface area contributed by atoms with E-state index in [0.717, 1.165) is 41.3 Å². The van der Waals surface area contributed by atoms with E-state index in [1.807, 2.05) is 29.6 Å². The number of carbonyl (C=O) groups is 1. The molecule has 5 heteroatoms. The van der Waals surface area contributed by atoms with E-state index in [2.05, 4.69) is 29.0 Å². The monoisotopic (exact) mass is 335 g/mol. The first-order valence-electron chi connectivity index (χ1n) is 8.01. The number of hydrogen-bond acceptors (Lipinski definition) is 4. The molecule has 0 aliphatic carbocycles. The van der Waals surface area contributed by atoms with E-state index in [1.54, 1.807) is 11.1 Å². The third-order valence-electron chi connectivity index (χ3n) is 4.22. The average molecular weight is 335 g/mol. The first-order chi connectivity index (χ1) is 11.7. The molecule has 3 heterocycles. The zero-order valence-corrected chi connectivity index (χ0v) is 14.2. The van der Waals surface area contributed by atoms with Gasteiger partial charge in [-0.15, -0.1) is 11.3 Å². The van der Waals surface area contributed by atoms with Crippen molar-refractivity contribution in [1.82, 2.24) is 9.97 Å². The van der Waals surface area contributed by atoms with Gasteiger partial charge in [0, 0.05) is 23.7 Å². The van der Waals surface area contributed by atoms with Crippen LogP contribution in [0.1, 0.15) is 28.2 Å². The quantitative estimate of drug-likeness (QED) is 0.708. The Morgan fingerprint density at radius 2 is 2.04 bits per heavy atom. The van der Waals surface area contributed by atoms with Crippen molar-refractivity contribution in [2.24, 2.45) is 0 Å². The molecule has 0 N–H and O–H groups in total. The van der Waals surface area contributed by atoms with Crippen LogP contribution in [0.2, 0.25) is 0 Å². The summed E-state index contributed by atoms with van der Waals surface area (Å²) in [5, 5.41) is 2.73. The topological polar surface area (TPSA) is 46.1 Å². The number of nitrogens with zero attached hydrogens (tertiary/aromatic N) is 3. The summed E-state index contributed by atoms with van der Waals surface area (Å²) in [5.41, 5.74) is 4.67. The van der Waals surface area contributed by atoms with Crippen molar-refractivity contribution in [1.29, 1.82) is 0 Å². The molecule has 0 unspecified atom stereocenters. The van der Waals surface area contributed by atoms with Gasteiger partial charge in [0.1, 0.15) is 10.7 Å². The maximum Gasteiger partial charge on any atom is 0.277 e. The number of aromatic nitrogens is 2. The van der Waals surface area contributed by atoms with Gasteiger partial charge in [-0.2, -0.15) is 0 Å². The van der Waals surface area contributed by atoms with Gasteiger partial charge in [0.25, 0.3) is 5.91 Å². The molecule has 0 fully saturated rings. The molecule has 0 saturated carbocycles. The number of pyridine rings is 1. The van der Waals surface area contributed by atoms with Gasteiger partial charge >= 0.3 is 0 Å². The summed E-state index contributed by atoms with van der Waals surface area (Å²) in [7, 11) is 0. The molecule has 4 nitrogen and oxygen atoms in total. The van der Waals surface area contributed by atoms with E-state index in [4.69, 9.17) is 0 Å². The molecular formula is C19H17N3OS. The summed E-state index contributed by atoms with van der Waals surface area (Å²) >= 11 is 1.51. The number of fused-ring (bicyclic) bond motifs is 1. The molecule has 0 saturated heterocycles. The largest absolute Gasteiger partial charge is 0.305 e. The van der Waals surface area contributed by atoms with Crippen molar-refractivity contribution in [3.8, 4) is 10.6 Å². The van der Waals surface area contributed by atoms with Crippen LogP contribution < -0.4 is 4.90 Å². The predicted molar refractivity (Wildman–Crippen MR) is 96.5 cm³/mol. The Morgan fingerprint density at radius 3 is 2.88 bits per heavy atom. The second kappa shape index (κ2) is 6.17. The van der Waals surface area contributed by atoms with Crippen molar-refractivity contribution in [3.63, 3.8) is 0 Å². The summed E-state index contributed by atoms with van der Waals surface area (Å²) < 4.78 is 0. The molecule has 1 aliphatic rings. The SMILES string of the molecule is Cc1ccc(-c2nc(C(=O)N3CCCc4ncccc43)cs2)cc1. The summed E-state index contributed by atoms with van der Waals surface area (Å²) in [6.45, 7) is 2.78.